The van der Waals surface area contributed by atoms with Crippen molar-refractivity contribution < 1.29 is 27.8 Å². The SMILES string of the molecule is CSCCCC(O)C(O)C(Cc1ccccc1)NC(=O)c1coc(NS(C)(=O)=O)n1. The van der Waals surface area contributed by atoms with Crippen molar-refractivity contribution in [3.05, 3.63) is 47.9 Å². The van der Waals surface area contributed by atoms with Gasteiger partial charge in [-0.15, -0.1) is 0 Å². The van der Waals surface area contributed by atoms with Crippen molar-refractivity contribution in [3.8, 4) is 0 Å². The molecule has 166 valence electrons. The van der Waals surface area contributed by atoms with Crippen molar-refractivity contribution in [2.45, 2.75) is 37.5 Å². The van der Waals surface area contributed by atoms with Crippen LogP contribution in [0.25, 0.3) is 0 Å². The van der Waals surface area contributed by atoms with Gasteiger partial charge < -0.3 is 19.9 Å². The van der Waals surface area contributed by atoms with Crippen LogP contribution in [0.5, 0.6) is 0 Å². The molecule has 0 saturated carbocycles. The molecule has 0 aliphatic carbocycles. The zero-order valence-corrected chi connectivity index (χ0v) is 18.4. The maximum atomic E-state index is 12.6. The van der Waals surface area contributed by atoms with Gasteiger partial charge in [0.25, 0.3) is 5.91 Å². The molecular formula is C19H27N3O6S2. The van der Waals surface area contributed by atoms with E-state index in [1.54, 1.807) is 11.8 Å². The van der Waals surface area contributed by atoms with Crippen LogP contribution in [0.4, 0.5) is 6.01 Å². The van der Waals surface area contributed by atoms with Gasteiger partial charge >= 0.3 is 6.01 Å². The second-order valence-electron chi connectivity index (χ2n) is 6.87. The van der Waals surface area contributed by atoms with Crippen LogP contribution < -0.4 is 10.0 Å². The van der Waals surface area contributed by atoms with Crippen LogP contribution in [0.15, 0.2) is 41.0 Å². The Morgan fingerprint density at radius 3 is 2.60 bits per heavy atom. The number of thioether (sulfide) groups is 1. The molecule has 0 saturated heterocycles. The maximum Gasteiger partial charge on any atom is 0.309 e. The number of aliphatic hydroxyl groups is 2. The van der Waals surface area contributed by atoms with Crippen LogP contribution in [-0.4, -0.2) is 66.0 Å². The smallest absolute Gasteiger partial charge is 0.309 e. The van der Waals surface area contributed by atoms with Crippen LogP contribution >= 0.6 is 11.8 Å². The minimum absolute atomic E-state index is 0.150. The lowest BCUT2D eigenvalue weighted by atomic mass is 9.95. The molecule has 1 heterocycles. The predicted octanol–water partition coefficient (Wildman–Crippen LogP) is 1.25. The Labute approximate surface area is 180 Å². The van der Waals surface area contributed by atoms with E-state index in [1.807, 2.05) is 41.3 Å². The topological polar surface area (TPSA) is 142 Å². The van der Waals surface area contributed by atoms with E-state index in [1.165, 1.54) is 0 Å². The van der Waals surface area contributed by atoms with Crippen LogP contribution in [0.3, 0.4) is 0 Å². The summed E-state index contributed by atoms with van der Waals surface area (Å²) in [4.78, 5) is 16.4. The summed E-state index contributed by atoms with van der Waals surface area (Å²) in [5.74, 6) is 0.200. The lowest BCUT2D eigenvalue weighted by Gasteiger charge is -2.27. The number of aliphatic hydroxyl groups excluding tert-OH is 2. The molecule has 4 N–H and O–H groups in total. The molecule has 2 aromatic rings. The van der Waals surface area contributed by atoms with Crippen LogP contribution in [-0.2, 0) is 16.4 Å². The Morgan fingerprint density at radius 1 is 1.27 bits per heavy atom. The molecule has 2 rings (SSSR count). The second kappa shape index (κ2) is 11.3. The molecule has 3 atom stereocenters. The first-order chi connectivity index (χ1) is 14.2. The average molecular weight is 458 g/mol. The van der Waals surface area contributed by atoms with Crippen molar-refractivity contribution in [2.24, 2.45) is 0 Å². The van der Waals surface area contributed by atoms with Crippen molar-refractivity contribution in [3.63, 3.8) is 0 Å². The zero-order chi connectivity index (χ0) is 22.1. The van der Waals surface area contributed by atoms with Gasteiger partial charge in [0.1, 0.15) is 12.4 Å². The first-order valence-corrected chi connectivity index (χ1v) is 12.6. The van der Waals surface area contributed by atoms with Crippen molar-refractivity contribution >= 4 is 33.7 Å². The fourth-order valence-electron chi connectivity index (χ4n) is 2.83. The predicted molar refractivity (Wildman–Crippen MR) is 116 cm³/mol. The van der Waals surface area contributed by atoms with Gasteiger partial charge in [0.15, 0.2) is 5.69 Å². The van der Waals surface area contributed by atoms with E-state index < -0.39 is 34.2 Å². The molecule has 9 nitrogen and oxygen atoms in total. The Kier molecular flexibility index (Phi) is 9.15. The highest BCUT2D eigenvalue weighted by molar-refractivity contribution is 7.98. The molecule has 3 unspecified atom stereocenters. The maximum absolute atomic E-state index is 12.6. The Balaban J connectivity index is 2.12. The summed E-state index contributed by atoms with van der Waals surface area (Å²) in [6.45, 7) is 0. The molecule has 0 fully saturated rings. The van der Waals surface area contributed by atoms with Gasteiger partial charge in [0, 0.05) is 0 Å². The van der Waals surface area contributed by atoms with E-state index in [9.17, 15) is 23.4 Å². The standard InChI is InChI=1S/C19H27N3O6S2/c1-29-10-6-9-16(23)17(24)14(11-13-7-4-3-5-8-13)20-18(25)15-12-28-19(21-15)22-30(2,26)27/h3-5,7-8,12,14,16-17,23-24H,6,9-11H2,1-2H3,(H,20,25)(H,21,22). The first kappa shape index (κ1) is 24.2. The van der Waals surface area contributed by atoms with E-state index in [0.717, 1.165) is 30.3 Å². The number of amides is 1. The van der Waals surface area contributed by atoms with Gasteiger partial charge in [-0.1, -0.05) is 30.3 Å². The minimum Gasteiger partial charge on any atom is -0.431 e. The number of nitrogens with one attached hydrogen (secondary N) is 2. The van der Waals surface area contributed by atoms with Crippen LogP contribution in [0.1, 0.15) is 28.9 Å². The molecule has 1 aromatic heterocycles. The van der Waals surface area contributed by atoms with Gasteiger partial charge in [-0.05, 0) is 36.8 Å². The van der Waals surface area contributed by atoms with E-state index in [-0.39, 0.29) is 11.7 Å². The van der Waals surface area contributed by atoms with E-state index >= 15 is 0 Å². The molecule has 0 spiro atoms. The molecule has 0 radical (unpaired) electrons. The lowest BCUT2D eigenvalue weighted by molar-refractivity contribution is -0.00735. The number of oxazole rings is 1. The number of sulfonamides is 1. The highest BCUT2D eigenvalue weighted by Crippen LogP contribution is 2.15. The van der Waals surface area contributed by atoms with Crippen LogP contribution in [0, 0.1) is 0 Å². The third-order valence-electron chi connectivity index (χ3n) is 4.28. The number of carbonyl (C=O) groups is 1. The molecular weight excluding hydrogens is 430 g/mol. The average Bonchev–Trinajstić information content (AvgIpc) is 3.14. The van der Waals surface area contributed by atoms with E-state index in [4.69, 9.17) is 4.42 Å². The molecule has 1 aromatic carbocycles. The number of nitrogens with zero attached hydrogens (tertiary/aromatic N) is 1. The van der Waals surface area contributed by atoms with Gasteiger partial charge in [-0.2, -0.15) is 16.7 Å². The summed E-state index contributed by atoms with van der Waals surface area (Å²) in [5, 5.41) is 23.7. The Hall–Kier alpha value is -2.08. The summed E-state index contributed by atoms with van der Waals surface area (Å²) in [5.41, 5.74) is 0.723. The number of hydrogen-bond donors (Lipinski definition) is 4. The fourth-order valence-corrected chi connectivity index (χ4v) is 3.69. The van der Waals surface area contributed by atoms with Crippen molar-refractivity contribution in [1.82, 2.24) is 10.3 Å². The number of carbonyl (C=O) groups excluding carboxylic acids is 1. The van der Waals surface area contributed by atoms with Crippen LogP contribution in [0.2, 0.25) is 0 Å². The summed E-state index contributed by atoms with van der Waals surface area (Å²) in [6, 6.07) is 8.14. The van der Waals surface area contributed by atoms with Gasteiger partial charge in [0.05, 0.1) is 18.4 Å². The lowest BCUT2D eigenvalue weighted by Crippen LogP contribution is -2.50. The second-order valence-corrected chi connectivity index (χ2v) is 9.61. The fraction of sp³-hybridized carbons (Fsp3) is 0.474. The monoisotopic (exact) mass is 457 g/mol. The summed E-state index contributed by atoms with van der Waals surface area (Å²) in [6.07, 6.45) is 3.13. The van der Waals surface area contributed by atoms with Gasteiger partial charge in [-0.3, -0.25) is 4.79 Å². The molecule has 11 heteroatoms. The van der Waals surface area contributed by atoms with Crippen molar-refractivity contribution in [1.29, 1.82) is 0 Å². The summed E-state index contributed by atoms with van der Waals surface area (Å²) < 4.78 is 29.5. The first-order valence-electron chi connectivity index (χ1n) is 9.32. The number of anilines is 1. The number of hydrogen-bond acceptors (Lipinski definition) is 8. The zero-order valence-electron chi connectivity index (χ0n) is 16.8. The number of benzene rings is 1. The Bertz CT molecular complexity index is 904. The van der Waals surface area contributed by atoms with Gasteiger partial charge in [-0.25, -0.2) is 13.1 Å². The quantitative estimate of drug-likeness (QED) is 0.349. The highest BCUT2D eigenvalue weighted by atomic mass is 32.2. The van der Waals surface area contributed by atoms with E-state index in [2.05, 4.69) is 10.3 Å². The molecule has 0 bridgehead atoms. The summed E-state index contributed by atoms with van der Waals surface area (Å²) in [7, 11) is -3.60. The van der Waals surface area contributed by atoms with Gasteiger partial charge in [0.2, 0.25) is 10.0 Å². The third-order valence-corrected chi connectivity index (χ3v) is 5.52. The van der Waals surface area contributed by atoms with Crippen molar-refractivity contribution in [2.75, 3.05) is 23.0 Å². The molecule has 1 amide bonds. The molecule has 0 aliphatic rings. The third kappa shape index (κ3) is 7.98. The number of aromatic nitrogens is 1. The Morgan fingerprint density at radius 2 is 1.97 bits per heavy atom. The summed E-state index contributed by atoms with van der Waals surface area (Å²) >= 11 is 1.65. The largest absolute Gasteiger partial charge is 0.431 e. The number of rotatable bonds is 12. The highest BCUT2D eigenvalue weighted by Gasteiger charge is 2.29. The van der Waals surface area contributed by atoms with E-state index in [0.29, 0.717) is 12.8 Å². The minimum atomic E-state index is -3.60. The normalized spacial score (nSPS) is 14.7. The molecule has 0 aliphatic heterocycles. The molecule has 30 heavy (non-hydrogen) atoms.